The molecule has 1 saturated carbocycles. The standard InChI is InChI=1S/C17H22N2O4/c1-11-4-2-3-5-13(11)19-17(21)16(20)18-9-12-6-7-14-15(8-12)23-10-22-14/h6-8,11,13H,2-5,9-10H2,1H3,(H,18,20)(H,19,21). The van der Waals surface area contributed by atoms with E-state index in [2.05, 4.69) is 17.6 Å². The van der Waals surface area contributed by atoms with Gasteiger partial charge < -0.3 is 20.1 Å². The van der Waals surface area contributed by atoms with Gasteiger partial charge in [0.2, 0.25) is 6.79 Å². The molecular weight excluding hydrogens is 296 g/mol. The van der Waals surface area contributed by atoms with Gasteiger partial charge in [0.25, 0.3) is 0 Å². The molecule has 0 bridgehead atoms. The molecule has 2 amide bonds. The number of hydrogen-bond acceptors (Lipinski definition) is 4. The maximum Gasteiger partial charge on any atom is 0.309 e. The number of nitrogens with one attached hydrogen (secondary N) is 2. The van der Waals surface area contributed by atoms with Gasteiger partial charge in [-0.3, -0.25) is 9.59 Å². The number of fused-ring (bicyclic) bond motifs is 1. The van der Waals surface area contributed by atoms with E-state index in [-0.39, 0.29) is 19.4 Å². The number of rotatable bonds is 3. The Morgan fingerprint density at radius 1 is 1.13 bits per heavy atom. The van der Waals surface area contributed by atoms with Crippen molar-refractivity contribution in [3.8, 4) is 11.5 Å². The summed E-state index contributed by atoms with van der Waals surface area (Å²) < 4.78 is 10.5. The first-order valence-electron chi connectivity index (χ1n) is 8.10. The van der Waals surface area contributed by atoms with Crippen LogP contribution in [0.3, 0.4) is 0 Å². The summed E-state index contributed by atoms with van der Waals surface area (Å²) in [5.41, 5.74) is 0.862. The first-order chi connectivity index (χ1) is 11.1. The first kappa shape index (κ1) is 15.6. The lowest BCUT2D eigenvalue weighted by molar-refractivity contribution is -0.140. The number of amides is 2. The fraction of sp³-hybridized carbons (Fsp3) is 0.529. The summed E-state index contributed by atoms with van der Waals surface area (Å²) in [6.07, 6.45) is 4.35. The molecule has 23 heavy (non-hydrogen) atoms. The largest absolute Gasteiger partial charge is 0.454 e. The van der Waals surface area contributed by atoms with Gasteiger partial charge in [-0.1, -0.05) is 25.8 Å². The topological polar surface area (TPSA) is 76.7 Å². The van der Waals surface area contributed by atoms with Crippen molar-refractivity contribution in [2.45, 2.75) is 45.2 Å². The third-order valence-corrected chi connectivity index (χ3v) is 4.52. The van der Waals surface area contributed by atoms with Crippen LogP contribution in [0.5, 0.6) is 11.5 Å². The Labute approximate surface area is 135 Å². The molecule has 6 nitrogen and oxygen atoms in total. The molecule has 1 heterocycles. The minimum absolute atomic E-state index is 0.104. The molecule has 2 atom stereocenters. The monoisotopic (exact) mass is 318 g/mol. The minimum atomic E-state index is -0.597. The van der Waals surface area contributed by atoms with Crippen molar-refractivity contribution in [2.24, 2.45) is 5.92 Å². The molecule has 1 fully saturated rings. The molecule has 6 heteroatoms. The molecule has 1 aliphatic heterocycles. The van der Waals surface area contributed by atoms with E-state index in [0.717, 1.165) is 24.8 Å². The van der Waals surface area contributed by atoms with Crippen molar-refractivity contribution < 1.29 is 19.1 Å². The highest BCUT2D eigenvalue weighted by Gasteiger charge is 2.25. The van der Waals surface area contributed by atoms with Gasteiger partial charge in [-0.05, 0) is 36.5 Å². The van der Waals surface area contributed by atoms with Crippen molar-refractivity contribution in [3.63, 3.8) is 0 Å². The Morgan fingerprint density at radius 2 is 1.91 bits per heavy atom. The average Bonchev–Trinajstić information content (AvgIpc) is 3.02. The molecule has 1 aromatic carbocycles. The van der Waals surface area contributed by atoms with E-state index in [4.69, 9.17) is 9.47 Å². The van der Waals surface area contributed by atoms with E-state index in [0.29, 0.717) is 17.4 Å². The van der Waals surface area contributed by atoms with Crippen LogP contribution in [0, 0.1) is 5.92 Å². The Kier molecular flexibility index (Phi) is 4.69. The highest BCUT2D eigenvalue weighted by atomic mass is 16.7. The quantitative estimate of drug-likeness (QED) is 0.832. The number of carbonyl (C=O) groups excluding carboxylic acids is 2. The van der Waals surface area contributed by atoms with Crippen molar-refractivity contribution in [3.05, 3.63) is 23.8 Å². The van der Waals surface area contributed by atoms with Gasteiger partial charge in [-0.25, -0.2) is 0 Å². The summed E-state index contributed by atoms with van der Waals surface area (Å²) in [6, 6.07) is 5.55. The molecule has 0 spiro atoms. The van der Waals surface area contributed by atoms with Crippen LogP contribution >= 0.6 is 0 Å². The Bertz CT molecular complexity index is 602. The van der Waals surface area contributed by atoms with Gasteiger partial charge >= 0.3 is 11.8 Å². The van der Waals surface area contributed by atoms with Crippen LogP contribution in [-0.2, 0) is 16.1 Å². The van der Waals surface area contributed by atoms with E-state index in [1.807, 2.05) is 12.1 Å². The lowest BCUT2D eigenvalue weighted by atomic mass is 9.86. The molecule has 1 aromatic rings. The predicted octanol–water partition coefficient (Wildman–Crippen LogP) is 1.73. The molecular formula is C17H22N2O4. The smallest absolute Gasteiger partial charge is 0.309 e. The van der Waals surface area contributed by atoms with Crippen molar-refractivity contribution >= 4 is 11.8 Å². The summed E-state index contributed by atoms with van der Waals surface area (Å²) in [4.78, 5) is 23.9. The summed E-state index contributed by atoms with van der Waals surface area (Å²) in [5, 5.41) is 5.50. The maximum absolute atomic E-state index is 12.0. The van der Waals surface area contributed by atoms with Crippen molar-refractivity contribution in [1.82, 2.24) is 10.6 Å². The predicted molar refractivity (Wildman–Crippen MR) is 84.0 cm³/mol. The second-order valence-electron chi connectivity index (χ2n) is 6.21. The summed E-state index contributed by atoms with van der Waals surface area (Å²) in [5.74, 6) is 0.639. The first-order valence-corrected chi connectivity index (χ1v) is 8.10. The van der Waals surface area contributed by atoms with Gasteiger partial charge in [-0.15, -0.1) is 0 Å². The zero-order valence-electron chi connectivity index (χ0n) is 13.3. The van der Waals surface area contributed by atoms with Crippen LogP contribution in [0.2, 0.25) is 0 Å². The number of benzene rings is 1. The highest BCUT2D eigenvalue weighted by Crippen LogP contribution is 2.32. The van der Waals surface area contributed by atoms with Crippen LogP contribution in [0.25, 0.3) is 0 Å². The SMILES string of the molecule is CC1CCCCC1NC(=O)C(=O)NCc1ccc2c(c1)OCO2. The summed E-state index contributed by atoms with van der Waals surface area (Å²) in [7, 11) is 0. The van der Waals surface area contributed by atoms with Crippen LogP contribution in [0.4, 0.5) is 0 Å². The van der Waals surface area contributed by atoms with Gasteiger partial charge in [0.15, 0.2) is 11.5 Å². The van der Waals surface area contributed by atoms with Gasteiger partial charge in [0.05, 0.1) is 0 Å². The maximum atomic E-state index is 12.0. The van der Waals surface area contributed by atoms with E-state index in [1.165, 1.54) is 6.42 Å². The van der Waals surface area contributed by atoms with Crippen molar-refractivity contribution in [2.75, 3.05) is 6.79 Å². The zero-order chi connectivity index (χ0) is 16.2. The normalized spacial score (nSPS) is 22.5. The number of carbonyl (C=O) groups is 2. The van der Waals surface area contributed by atoms with Crippen LogP contribution in [-0.4, -0.2) is 24.6 Å². The van der Waals surface area contributed by atoms with Gasteiger partial charge in [0, 0.05) is 12.6 Å². The van der Waals surface area contributed by atoms with Crippen molar-refractivity contribution in [1.29, 1.82) is 0 Å². The summed E-state index contributed by atoms with van der Waals surface area (Å²) >= 11 is 0. The van der Waals surface area contributed by atoms with E-state index >= 15 is 0 Å². The van der Waals surface area contributed by atoms with Gasteiger partial charge in [0.1, 0.15) is 0 Å². The highest BCUT2D eigenvalue weighted by molar-refractivity contribution is 6.35. The second kappa shape index (κ2) is 6.89. The third kappa shape index (κ3) is 3.75. The van der Waals surface area contributed by atoms with Gasteiger partial charge in [-0.2, -0.15) is 0 Å². The van der Waals surface area contributed by atoms with E-state index in [1.54, 1.807) is 6.07 Å². The fourth-order valence-corrected chi connectivity index (χ4v) is 3.08. The lowest BCUT2D eigenvalue weighted by Gasteiger charge is -2.29. The molecule has 2 aliphatic rings. The number of ether oxygens (including phenoxy) is 2. The van der Waals surface area contributed by atoms with Crippen LogP contribution < -0.4 is 20.1 Å². The Hall–Kier alpha value is -2.24. The zero-order valence-corrected chi connectivity index (χ0v) is 13.3. The molecule has 2 unspecified atom stereocenters. The Balaban J connectivity index is 1.49. The molecule has 124 valence electrons. The Morgan fingerprint density at radius 3 is 2.74 bits per heavy atom. The molecule has 0 radical (unpaired) electrons. The van der Waals surface area contributed by atoms with Crippen LogP contribution in [0.15, 0.2) is 18.2 Å². The van der Waals surface area contributed by atoms with Crippen LogP contribution in [0.1, 0.15) is 38.2 Å². The fourth-order valence-electron chi connectivity index (χ4n) is 3.08. The van der Waals surface area contributed by atoms with E-state index < -0.39 is 11.8 Å². The summed E-state index contributed by atoms with van der Waals surface area (Å²) in [6.45, 7) is 2.62. The van der Waals surface area contributed by atoms with E-state index in [9.17, 15) is 9.59 Å². The minimum Gasteiger partial charge on any atom is -0.454 e. The molecule has 0 saturated heterocycles. The second-order valence-corrected chi connectivity index (χ2v) is 6.21. The molecule has 1 aliphatic carbocycles. The molecule has 2 N–H and O–H groups in total. The third-order valence-electron chi connectivity index (χ3n) is 4.52. The molecule has 0 aromatic heterocycles. The lowest BCUT2D eigenvalue weighted by Crippen LogP contribution is -2.47. The number of hydrogen-bond donors (Lipinski definition) is 2. The molecule has 3 rings (SSSR count). The average molecular weight is 318 g/mol.